The molecule has 0 bridgehead atoms. The van der Waals surface area contributed by atoms with Gasteiger partial charge in [-0.1, -0.05) is 29.9 Å². The van der Waals surface area contributed by atoms with E-state index in [-0.39, 0.29) is 22.6 Å². The standard InChI is InChI=1S/C15H18ClNO3S/c1-17(13-6-4-7-13)21(19,20)15-9-8-12(11-14(15)16)5-2-3-10-18/h8-9,11,13,18H,3-4,6-7,10H2,1H3. The first kappa shape index (κ1) is 16.3. The van der Waals surface area contributed by atoms with E-state index in [1.54, 1.807) is 19.2 Å². The Bertz CT molecular complexity index is 672. The maximum atomic E-state index is 12.5. The quantitative estimate of drug-likeness (QED) is 0.863. The predicted octanol–water partition coefficient (Wildman–Crippen LogP) is 2.25. The molecule has 0 unspecified atom stereocenters. The molecule has 0 aliphatic heterocycles. The van der Waals surface area contributed by atoms with Crippen molar-refractivity contribution >= 4 is 21.6 Å². The van der Waals surface area contributed by atoms with Crippen molar-refractivity contribution in [1.29, 1.82) is 0 Å². The summed E-state index contributed by atoms with van der Waals surface area (Å²) < 4.78 is 26.5. The smallest absolute Gasteiger partial charge is 0.244 e. The van der Waals surface area contributed by atoms with Gasteiger partial charge in [-0.05, 0) is 31.0 Å². The molecule has 1 aromatic carbocycles. The van der Waals surface area contributed by atoms with Crippen molar-refractivity contribution in [2.45, 2.75) is 36.6 Å². The monoisotopic (exact) mass is 327 g/mol. The largest absolute Gasteiger partial charge is 0.395 e. The third kappa shape index (κ3) is 3.58. The lowest BCUT2D eigenvalue weighted by molar-refractivity contribution is 0.249. The van der Waals surface area contributed by atoms with Gasteiger partial charge < -0.3 is 5.11 Å². The fraction of sp³-hybridized carbons (Fsp3) is 0.467. The third-order valence-corrected chi connectivity index (χ3v) is 6.04. The van der Waals surface area contributed by atoms with E-state index < -0.39 is 10.0 Å². The molecule has 6 heteroatoms. The van der Waals surface area contributed by atoms with Gasteiger partial charge in [-0.2, -0.15) is 4.31 Å². The minimum absolute atomic E-state index is 0.000617. The zero-order valence-electron chi connectivity index (χ0n) is 11.8. The zero-order chi connectivity index (χ0) is 15.5. The maximum absolute atomic E-state index is 12.5. The van der Waals surface area contributed by atoms with Gasteiger partial charge in [0.1, 0.15) is 4.90 Å². The molecule has 0 saturated heterocycles. The molecule has 1 aliphatic rings. The Hall–Kier alpha value is -1.06. The molecular weight excluding hydrogens is 310 g/mol. The van der Waals surface area contributed by atoms with E-state index in [0.29, 0.717) is 12.0 Å². The van der Waals surface area contributed by atoms with Crippen molar-refractivity contribution in [2.75, 3.05) is 13.7 Å². The van der Waals surface area contributed by atoms with Crippen LogP contribution in [0, 0.1) is 11.8 Å². The van der Waals surface area contributed by atoms with E-state index in [1.807, 2.05) is 0 Å². The number of hydrogen-bond acceptors (Lipinski definition) is 3. The fourth-order valence-corrected chi connectivity index (χ4v) is 4.04. The molecule has 1 aliphatic carbocycles. The number of benzene rings is 1. The molecule has 0 radical (unpaired) electrons. The highest BCUT2D eigenvalue weighted by Gasteiger charge is 2.32. The second-order valence-electron chi connectivity index (χ2n) is 5.03. The summed E-state index contributed by atoms with van der Waals surface area (Å²) >= 11 is 6.11. The normalized spacial score (nSPS) is 15.4. The highest BCUT2D eigenvalue weighted by molar-refractivity contribution is 7.89. The molecule has 0 aromatic heterocycles. The highest BCUT2D eigenvalue weighted by Crippen LogP contribution is 2.31. The van der Waals surface area contributed by atoms with Crippen LogP contribution in [0.3, 0.4) is 0 Å². The summed E-state index contributed by atoms with van der Waals surface area (Å²) in [6, 6.07) is 4.76. The molecule has 0 amide bonds. The Kier molecular flexibility index (Phi) is 5.28. The van der Waals surface area contributed by atoms with Crippen molar-refractivity contribution in [3.8, 4) is 11.8 Å². The second kappa shape index (κ2) is 6.80. The number of rotatable bonds is 4. The van der Waals surface area contributed by atoms with Gasteiger partial charge in [-0.25, -0.2) is 8.42 Å². The molecule has 0 atom stereocenters. The molecule has 0 spiro atoms. The van der Waals surface area contributed by atoms with E-state index in [1.165, 1.54) is 10.4 Å². The van der Waals surface area contributed by atoms with Crippen molar-refractivity contribution in [2.24, 2.45) is 0 Å². The van der Waals surface area contributed by atoms with Crippen LogP contribution in [-0.2, 0) is 10.0 Å². The lowest BCUT2D eigenvalue weighted by Gasteiger charge is -2.33. The van der Waals surface area contributed by atoms with Crippen molar-refractivity contribution in [3.05, 3.63) is 28.8 Å². The van der Waals surface area contributed by atoms with E-state index >= 15 is 0 Å². The number of nitrogens with zero attached hydrogens (tertiary/aromatic N) is 1. The van der Waals surface area contributed by atoms with Crippen LogP contribution in [-0.4, -0.2) is 37.5 Å². The average Bonchev–Trinajstić information content (AvgIpc) is 2.36. The fourth-order valence-electron chi connectivity index (χ4n) is 2.11. The van der Waals surface area contributed by atoms with Crippen LogP contribution < -0.4 is 0 Å². The van der Waals surface area contributed by atoms with Gasteiger partial charge in [0.25, 0.3) is 0 Å². The van der Waals surface area contributed by atoms with Crippen LogP contribution in [0.25, 0.3) is 0 Å². The van der Waals surface area contributed by atoms with Crippen LogP contribution in [0.1, 0.15) is 31.2 Å². The van der Waals surface area contributed by atoms with Gasteiger partial charge in [0.15, 0.2) is 0 Å². The van der Waals surface area contributed by atoms with Crippen LogP contribution in [0.2, 0.25) is 5.02 Å². The molecule has 2 rings (SSSR count). The van der Waals surface area contributed by atoms with Crippen molar-refractivity contribution in [1.82, 2.24) is 4.31 Å². The topological polar surface area (TPSA) is 57.6 Å². The predicted molar refractivity (Wildman–Crippen MR) is 82.6 cm³/mol. The number of sulfonamides is 1. The van der Waals surface area contributed by atoms with E-state index in [0.717, 1.165) is 19.3 Å². The van der Waals surface area contributed by atoms with E-state index in [9.17, 15) is 8.42 Å². The number of aliphatic hydroxyl groups excluding tert-OH is 1. The Labute approximate surface area is 130 Å². The minimum Gasteiger partial charge on any atom is -0.395 e. The number of halogens is 1. The minimum atomic E-state index is -3.56. The van der Waals surface area contributed by atoms with Crippen molar-refractivity contribution in [3.63, 3.8) is 0 Å². The molecule has 21 heavy (non-hydrogen) atoms. The summed E-state index contributed by atoms with van der Waals surface area (Å²) in [5.41, 5.74) is 0.638. The first-order valence-corrected chi connectivity index (χ1v) is 8.66. The number of hydrogen-bond donors (Lipinski definition) is 1. The molecule has 114 valence electrons. The maximum Gasteiger partial charge on any atom is 0.244 e. The van der Waals surface area contributed by atoms with Crippen molar-refractivity contribution < 1.29 is 13.5 Å². The van der Waals surface area contributed by atoms with Crippen LogP contribution in [0.4, 0.5) is 0 Å². The Morgan fingerprint density at radius 3 is 2.67 bits per heavy atom. The summed E-state index contributed by atoms with van der Waals surface area (Å²) in [7, 11) is -1.96. The SMILES string of the molecule is CN(C1CCC1)S(=O)(=O)c1ccc(C#CCCO)cc1Cl. The average molecular weight is 328 g/mol. The zero-order valence-corrected chi connectivity index (χ0v) is 13.4. The lowest BCUT2D eigenvalue weighted by Crippen LogP contribution is -2.41. The third-order valence-electron chi connectivity index (χ3n) is 3.65. The van der Waals surface area contributed by atoms with Gasteiger partial charge >= 0.3 is 0 Å². The summed E-state index contributed by atoms with van der Waals surface area (Å²) in [5, 5.41) is 8.86. The van der Waals surface area contributed by atoms with Gasteiger partial charge in [0.2, 0.25) is 10.0 Å². The lowest BCUT2D eigenvalue weighted by atomic mass is 9.94. The molecule has 1 N–H and O–H groups in total. The Balaban J connectivity index is 2.26. The van der Waals surface area contributed by atoms with Gasteiger partial charge in [0.05, 0.1) is 11.6 Å². The Morgan fingerprint density at radius 2 is 2.14 bits per heavy atom. The van der Waals surface area contributed by atoms with Crippen LogP contribution >= 0.6 is 11.6 Å². The Morgan fingerprint density at radius 1 is 1.43 bits per heavy atom. The van der Waals surface area contributed by atoms with Crippen LogP contribution in [0.5, 0.6) is 0 Å². The first-order chi connectivity index (χ1) is 9.96. The summed E-state index contributed by atoms with van der Waals surface area (Å²) in [6.07, 6.45) is 3.25. The van der Waals surface area contributed by atoms with E-state index in [2.05, 4.69) is 11.8 Å². The molecular formula is C15H18ClNO3S. The molecule has 0 heterocycles. The summed E-state index contributed by atoms with van der Waals surface area (Å²) in [4.78, 5) is 0.117. The highest BCUT2D eigenvalue weighted by atomic mass is 35.5. The molecule has 1 saturated carbocycles. The first-order valence-electron chi connectivity index (χ1n) is 6.84. The summed E-state index contributed by atoms with van der Waals surface area (Å²) in [5.74, 6) is 5.61. The molecule has 1 fully saturated rings. The second-order valence-corrected chi connectivity index (χ2v) is 7.40. The van der Waals surface area contributed by atoms with Crippen LogP contribution in [0.15, 0.2) is 23.1 Å². The van der Waals surface area contributed by atoms with Gasteiger partial charge in [-0.15, -0.1) is 0 Å². The molecule has 1 aromatic rings. The van der Waals surface area contributed by atoms with Gasteiger partial charge in [0, 0.05) is 25.1 Å². The van der Waals surface area contributed by atoms with E-state index in [4.69, 9.17) is 16.7 Å². The number of aliphatic hydroxyl groups is 1. The summed E-state index contributed by atoms with van der Waals surface area (Å²) in [6.45, 7) is -0.000617. The van der Waals surface area contributed by atoms with Gasteiger partial charge in [-0.3, -0.25) is 0 Å². The molecule has 4 nitrogen and oxygen atoms in total.